The molecule has 3 rings (SSSR count). The number of carbonyl (C=O) groups excluding carboxylic acids is 1. The van der Waals surface area contributed by atoms with Crippen LogP contribution in [-0.4, -0.2) is 16.7 Å². The molecule has 0 aromatic heterocycles. The zero-order valence-corrected chi connectivity index (χ0v) is 13.8. The van der Waals surface area contributed by atoms with Crippen LogP contribution in [0.2, 0.25) is 0 Å². The smallest absolute Gasteiger partial charge is 0.275 e. The van der Waals surface area contributed by atoms with E-state index in [1.807, 2.05) is 66.7 Å². The van der Waals surface area contributed by atoms with Crippen LogP contribution in [0.1, 0.15) is 22.8 Å². The summed E-state index contributed by atoms with van der Waals surface area (Å²) in [5.74, 6) is -0.514. The number of allylic oxidation sites excluding steroid dienone is 1. The summed E-state index contributed by atoms with van der Waals surface area (Å²) >= 11 is 0. The summed E-state index contributed by atoms with van der Waals surface area (Å²) in [4.78, 5) is 12.3. The van der Waals surface area contributed by atoms with E-state index >= 15 is 0 Å². The van der Waals surface area contributed by atoms with Crippen molar-refractivity contribution in [1.82, 2.24) is 5.43 Å². The number of carbonyl (C=O) groups is 1. The van der Waals surface area contributed by atoms with E-state index in [-0.39, 0.29) is 11.3 Å². The van der Waals surface area contributed by atoms with Gasteiger partial charge >= 0.3 is 0 Å². The Labute approximate surface area is 146 Å². The van der Waals surface area contributed by atoms with Gasteiger partial charge in [0.05, 0.1) is 11.3 Å². The number of fused-ring (bicyclic) bond motifs is 1. The first-order chi connectivity index (χ1) is 12.1. The molecule has 124 valence electrons. The first-order valence-corrected chi connectivity index (χ1v) is 7.93. The van der Waals surface area contributed by atoms with Gasteiger partial charge in [0.1, 0.15) is 5.75 Å². The summed E-state index contributed by atoms with van der Waals surface area (Å²) in [5.41, 5.74) is 4.38. The van der Waals surface area contributed by atoms with Crippen molar-refractivity contribution < 1.29 is 9.90 Å². The van der Waals surface area contributed by atoms with Gasteiger partial charge in [-0.2, -0.15) is 5.10 Å². The quantitative estimate of drug-likeness (QED) is 0.551. The molecule has 0 fully saturated rings. The highest BCUT2D eigenvalue weighted by Crippen LogP contribution is 2.24. The van der Waals surface area contributed by atoms with Crippen molar-refractivity contribution in [3.05, 3.63) is 83.9 Å². The standard InChI is InChI=1S/C21H18N2O2/c1-15(11-12-16-7-3-2-4-8-16)22-23-21(25)19-13-17-9-5-6-10-18(17)14-20(19)24/h2-14,24H,1H3,(H,23,25)/b12-11-,22-15?. The molecule has 4 nitrogen and oxygen atoms in total. The number of hydrogen-bond acceptors (Lipinski definition) is 3. The molecule has 0 unspecified atom stereocenters. The van der Waals surface area contributed by atoms with Crippen LogP contribution in [0.25, 0.3) is 16.8 Å². The summed E-state index contributed by atoms with van der Waals surface area (Å²) in [7, 11) is 0. The van der Waals surface area contributed by atoms with Crippen LogP contribution < -0.4 is 5.43 Å². The molecule has 0 heterocycles. The Morgan fingerprint density at radius 2 is 1.64 bits per heavy atom. The fourth-order valence-electron chi connectivity index (χ4n) is 2.43. The van der Waals surface area contributed by atoms with Crippen LogP contribution in [-0.2, 0) is 0 Å². The van der Waals surface area contributed by atoms with Crippen LogP contribution in [0.4, 0.5) is 0 Å². The largest absolute Gasteiger partial charge is 0.507 e. The number of phenolic OH excluding ortho intramolecular Hbond substituents is 1. The second-order valence-electron chi connectivity index (χ2n) is 5.65. The van der Waals surface area contributed by atoms with Crippen molar-refractivity contribution in [3.63, 3.8) is 0 Å². The zero-order chi connectivity index (χ0) is 17.6. The third-order valence-electron chi connectivity index (χ3n) is 3.76. The number of nitrogens with zero attached hydrogens (tertiary/aromatic N) is 1. The van der Waals surface area contributed by atoms with E-state index in [1.165, 1.54) is 0 Å². The minimum atomic E-state index is -0.448. The minimum absolute atomic E-state index is 0.0659. The maximum atomic E-state index is 12.3. The van der Waals surface area contributed by atoms with Gasteiger partial charge in [-0.1, -0.05) is 60.7 Å². The van der Waals surface area contributed by atoms with Gasteiger partial charge in [-0.3, -0.25) is 4.79 Å². The Balaban J connectivity index is 1.73. The Morgan fingerprint density at radius 1 is 1.00 bits per heavy atom. The lowest BCUT2D eigenvalue weighted by atomic mass is 10.1. The predicted octanol–water partition coefficient (Wildman–Crippen LogP) is 4.36. The lowest BCUT2D eigenvalue weighted by Gasteiger charge is -2.06. The van der Waals surface area contributed by atoms with E-state index in [9.17, 15) is 9.90 Å². The third-order valence-corrected chi connectivity index (χ3v) is 3.76. The van der Waals surface area contributed by atoms with Crippen LogP contribution in [0.5, 0.6) is 5.75 Å². The molecule has 3 aromatic rings. The molecule has 0 saturated carbocycles. The minimum Gasteiger partial charge on any atom is -0.507 e. The molecular weight excluding hydrogens is 312 g/mol. The fraction of sp³-hybridized carbons (Fsp3) is 0.0476. The molecule has 0 saturated heterocycles. The average Bonchev–Trinajstić information content (AvgIpc) is 2.64. The molecule has 0 aliphatic rings. The van der Waals surface area contributed by atoms with Gasteiger partial charge < -0.3 is 5.11 Å². The Kier molecular flexibility index (Phi) is 4.90. The molecule has 1 amide bonds. The molecule has 0 aliphatic carbocycles. The van der Waals surface area contributed by atoms with Crippen LogP contribution in [0.3, 0.4) is 0 Å². The molecule has 0 spiro atoms. The maximum Gasteiger partial charge on any atom is 0.275 e. The number of aromatic hydroxyl groups is 1. The molecule has 25 heavy (non-hydrogen) atoms. The van der Waals surface area contributed by atoms with Crippen molar-refractivity contribution in [2.45, 2.75) is 6.92 Å². The summed E-state index contributed by atoms with van der Waals surface area (Å²) in [6.07, 6.45) is 3.73. The van der Waals surface area contributed by atoms with Crippen molar-refractivity contribution in [2.75, 3.05) is 0 Å². The van der Waals surface area contributed by atoms with Gasteiger partial charge in [-0.25, -0.2) is 5.43 Å². The predicted molar refractivity (Wildman–Crippen MR) is 102 cm³/mol. The van der Waals surface area contributed by atoms with Crippen LogP contribution >= 0.6 is 0 Å². The summed E-state index contributed by atoms with van der Waals surface area (Å²) in [6, 6.07) is 20.6. The summed E-state index contributed by atoms with van der Waals surface area (Å²) in [6.45, 7) is 1.79. The number of benzene rings is 3. The summed E-state index contributed by atoms with van der Waals surface area (Å²) in [5, 5.41) is 15.9. The van der Waals surface area contributed by atoms with Gasteiger partial charge in [-0.05, 0) is 41.5 Å². The molecule has 4 heteroatoms. The number of rotatable bonds is 4. The Hall–Kier alpha value is -3.40. The van der Waals surface area contributed by atoms with Crippen LogP contribution in [0, 0.1) is 0 Å². The number of phenols is 1. The normalized spacial score (nSPS) is 11.8. The molecule has 0 aliphatic heterocycles. The number of hydrazone groups is 1. The SMILES string of the molecule is CC(/C=C\c1ccccc1)=NNC(=O)c1cc2ccccc2cc1O. The van der Waals surface area contributed by atoms with Crippen molar-refractivity contribution >= 4 is 28.5 Å². The zero-order valence-electron chi connectivity index (χ0n) is 13.8. The highest BCUT2D eigenvalue weighted by molar-refractivity contribution is 6.03. The first kappa shape index (κ1) is 16.5. The second-order valence-corrected chi connectivity index (χ2v) is 5.65. The highest BCUT2D eigenvalue weighted by Gasteiger charge is 2.11. The molecule has 0 radical (unpaired) electrons. The maximum absolute atomic E-state index is 12.3. The van der Waals surface area contributed by atoms with E-state index in [0.717, 1.165) is 16.3 Å². The Morgan fingerprint density at radius 3 is 2.36 bits per heavy atom. The lowest BCUT2D eigenvalue weighted by Crippen LogP contribution is -2.18. The van der Waals surface area contributed by atoms with E-state index in [4.69, 9.17) is 0 Å². The third kappa shape index (κ3) is 4.12. The number of amides is 1. The van der Waals surface area contributed by atoms with Gasteiger partial charge in [0.15, 0.2) is 0 Å². The molecule has 3 aromatic carbocycles. The van der Waals surface area contributed by atoms with E-state index in [2.05, 4.69) is 10.5 Å². The monoisotopic (exact) mass is 330 g/mol. The molecular formula is C21H18N2O2. The number of nitrogens with one attached hydrogen (secondary N) is 1. The van der Waals surface area contributed by atoms with E-state index in [0.29, 0.717) is 5.71 Å². The first-order valence-electron chi connectivity index (χ1n) is 7.93. The lowest BCUT2D eigenvalue weighted by molar-refractivity contribution is 0.0952. The molecule has 2 N–H and O–H groups in total. The van der Waals surface area contributed by atoms with Gasteiger partial charge in [0, 0.05) is 0 Å². The molecule has 0 bridgehead atoms. The van der Waals surface area contributed by atoms with E-state index < -0.39 is 5.91 Å². The topological polar surface area (TPSA) is 61.7 Å². The second kappa shape index (κ2) is 7.45. The van der Waals surface area contributed by atoms with Gasteiger partial charge in [-0.15, -0.1) is 0 Å². The van der Waals surface area contributed by atoms with Crippen LogP contribution in [0.15, 0.2) is 77.9 Å². The van der Waals surface area contributed by atoms with Crippen molar-refractivity contribution in [2.24, 2.45) is 5.10 Å². The summed E-state index contributed by atoms with van der Waals surface area (Å²) < 4.78 is 0. The highest BCUT2D eigenvalue weighted by atomic mass is 16.3. The number of hydrogen-bond donors (Lipinski definition) is 2. The van der Waals surface area contributed by atoms with Gasteiger partial charge in [0.2, 0.25) is 0 Å². The van der Waals surface area contributed by atoms with Crippen molar-refractivity contribution in [1.29, 1.82) is 0 Å². The average molecular weight is 330 g/mol. The van der Waals surface area contributed by atoms with Crippen molar-refractivity contribution in [3.8, 4) is 5.75 Å². The molecule has 0 atom stereocenters. The Bertz CT molecular complexity index is 960. The fourth-order valence-corrected chi connectivity index (χ4v) is 2.43. The van der Waals surface area contributed by atoms with E-state index in [1.54, 1.807) is 19.1 Å². The van der Waals surface area contributed by atoms with Gasteiger partial charge in [0.25, 0.3) is 5.91 Å².